The van der Waals surface area contributed by atoms with E-state index in [4.69, 9.17) is 4.52 Å². The molecule has 0 saturated carbocycles. The van der Waals surface area contributed by atoms with E-state index in [1.807, 2.05) is 0 Å². The number of nitrogens with one attached hydrogen (secondary N) is 1. The minimum Gasteiger partial charge on any atom is -0.339 e. The highest BCUT2D eigenvalue weighted by Gasteiger charge is 2.25. The zero-order valence-corrected chi connectivity index (χ0v) is 11.1. The van der Waals surface area contributed by atoms with Crippen LogP contribution in [0.25, 0.3) is 11.4 Å². The number of benzene rings is 1. The molecule has 0 radical (unpaired) electrons. The van der Waals surface area contributed by atoms with E-state index in [-0.39, 0.29) is 11.7 Å². The van der Waals surface area contributed by atoms with Gasteiger partial charge in [-0.3, -0.25) is 10.1 Å². The molecule has 1 heterocycles. The van der Waals surface area contributed by atoms with Crippen LogP contribution in [0.1, 0.15) is 12.3 Å². The Morgan fingerprint density at radius 1 is 1.43 bits per heavy atom. The lowest BCUT2D eigenvalue weighted by atomic mass is 10.1. The van der Waals surface area contributed by atoms with Crippen molar-refractivity contribution >= 4 is 5.69 Å². The average Bonchev–Trinajstić information content (AvgIpc) is 2.87. The number of nitro benzene ring substituents is 1. The fraction of sp³-hybridized carbons (Fsp3) is 0.333. The Balaban J connectivity index is 2.33. The molecule has 0 amide bonds. The number of rotatable bonds is 6. The molecule has 0 aliphatic rings. The van der Waals surface area contributed by atoms with Gasteiger partial charge in [0.2, 0.25) is 17.5 Å². The third-order valence-electron chi connectivity index (χ3n) is 2.78. The lowest BCUT2D eigenvalue weighted by Gasteiger charge is -2.00. The van der Waals surface area contributed by atoms with Crippen LogP contribution in [-0.4, -0.2) is 28.7 Å². The third-order valence-corrected chi connectivity index (χ3v) is 2.78. The molecule has 21 heavy (non-hydrogen) atoms. The van der Waals surface area contributed by atoms with Crippen LogP contribution in [0.15, 0.2) is 16.7 Å². The first-order valence-electron chi connectivity index (χ1n) is 6.14. The Bertz CT molecular complexity index is 660. The van der Waals surface area contributed by atoms with Crippen molar-refractivity contribution in [3.63, 3.8) is 0 Å². The molecule has 2 aromatic rings. The molecule has 1 N–H and O–H groups in total. The predicted octanol–water partition coefficient (Wildman–Crippen LogP) is 2.07. The minimum absolute atomic E-state index is 0.213. The van der Waals surface area contributed by atoms with E-state index in [9.17, 15) is 18.9 Å². The molecule has 0 bridgehead atoms. The summed E-state index contributed by atoms with van der Waals surface area (Å²) < 4.78 is 32.6. The van der Waals surface area contributed by atoms with E-state index in [2.05, 4.69) is 15.5 Å². The molecular formula is C12H12F2N4O3. The largest absolute Gasteiger partial charge is 0.339 e. The van der Waals surface area contributed by atoms with Crippen molar-refractivity contribution in [2.75, 3.05) is 13.6 Å². The van der Waals surface area contributed by atoms with Gasteiger partial charge in [-0.25, -0.2) is 4.39 Å². The predicted molar refractivity (Wildman–Crippen MR) is 68.6 cm³/mol. The average molecular weight is 298 g/mol. The Morgan fingerprint density at radius 3 is 2.86 bits per heavy atom. The molecule has 0 aliphatic carbocycles. The summed E-state index contributed by atoms with van der Waals surface area (Å²) >= 11 is 0. The molecule has 0 spiro atoms. The number of nitrogens with zero attached hydrogens (tertiary/aromatic N) is 3. The summed E-state index contributed by atoms with van der Waals surface area (Å²) in [4.78, 5) is 13.6. The molecule has 0 aliphatic heterocycles. The maximum Gasteiger partial charge on any atom is 0.305 e. The highest BCUT2D eigenvalue weighted by atomic mass is 19.1. The van der Waals surface area contributed by atoms with Crippen molar-refractivity contribution in [1.82, 2.24) is 15.5 Å². The van der Waals surface area contributed by atoms with Gasteiger partial charge in [-0.15, -0.1) is 0 Å². The Hall–Kier alpha value is -2.42. The van der Waals surface area contributed by atoms with Crippen LogP contribution in [0, 0.1) is 21.7 Å². The van der Waals surface area contributed by atoms with Gasteiger partial charge in [0.05, 0.1) is 4.92 Å². The number of hydrogen-bond acceptors (Lipinski definition) is 6. The van der Waals surface area contributed by atoms with E-state index in [1.165, 1.54) is 0 Å². The molecule has 112 valence electrons. The van der Waals surface area contributed by atoms with Crippen molar-refractivity contribution in [3.8, 4) is 11.4 Å². The smallest absolute Gasteiger partial charge is 0.305 e. The zero-order valence-electron chi connectivity index (χ0n) is 11.1. The fourth-order valence-corrected chi connectivity index (χ4v) is 1.76. The fourth-order valence-electron chi connectivity index (χ4n) is 1.76. The highest BCUT2D eigenvalue weighted by molar-refractivity contribution is 5.61. The third kappa shape index (κ3) is 3.19. The molecule has 9 heteroatoms. The maximum atomic E-state index is 14.0. The standard InChI is InChI=1S/C12H12F2N4O3/c1-15-6-2-3-9-16-12(17-21-9)10-7(13)4-5-8(11(10)14)18(19)20/h4-5,15H,2-3,6H2,1H3. The van der Waals surface area contributed by atoms with Gasteiger partial charge in [0.1, 0.15) is 11.4 Å². The van der Waals surface area contributed by atoms with E-state index < -0.39 is 27.8 Å². The number of halogens is 2. The van der Waals surface area contributed by atoms with Crippen molar-refractivity contribution < 1.29 is 18.2 Å². The van der Waals surface area contributed by atoms with E-state index in [1.54, 1.807) is 7.05 Å². The summed E-state index contributed by atoms with van der Waals surface area (Å²) in [6.45, 7) is 0.719. The lowest BCUT2D eigenvalue weighted by Crippen LogP contribution is -2.08. The first-order chi connectivity index (χ1) is 10.0. The molecule has 0 saturated heterocycles. The van der Waals surface area contributed by atoms with Gasteiger partial charge in [0, 0.05) is 12.5 Å². The number of aryl methyl sites for hydroxylation is 1. The second kappa shape index (κ2) is 6.35. The SMILES string of the molecule is CNCCCc1nc(-c2c(F)ccc([N+](=O)[O-])c2F)no1. The lowest BCUT2D eigenvalue weighted by molar-refractivity contribution is -0.387. The minimum atomic E-state index is -1.32. The summed E-state index contributed by atoms with van der Waals surface area (Å²) in [5.74, 6) is -2.43. The Labute approximate surface area is 118 Å². The Kier molecular flexibility index (Phi) is 4.53. The molecule has 7 nitrogen and oxygen atoms in total. The van der Waals surface area contributed by atoms with Gasteiger partial charge in [-0.2, -0.15) is 9.37 Å². The van der Waals surface area contributed by atoms with E-state index in [0.29, 0.717) is 12.8 Å². The first-order valence-corrected chi connectivity index (χ1v) is 6.14. The quantitative estimate of drug-likeness (QED) is 0.498. The van der Waals surface area contributed by atoms with Crippen LogP contribution in [0.3, 0.4) is 0 Å². The molecule has 0 unspecified atom stereocenters. The van der Waals surface area contributed by atoms with Crippen LogP contribution < -0.4 is 5.32 Å². The maximum absolute atomic E-state index is 14.0. The monoisotopic (exact) mass is 298 g/mol. The normalized spacial score (nSPS) is 10.8. The molecule has 2 rings (SSSR count). The van der Waals surface area contributed by atoms with Gasteiger partial charge < -0.3 is 9.84 Å². The molecule has 0 fully saturated rings. The van der Waals surface area contributed by atoms with Crippen LogP contribution in [-0.2, 0) is 6.42 Å². The van der Waals surface area contributed by atoms with Gasteiger partial charge in [-0.1, -0.05) is 5.16 Å². The molecular weight excluding hydrogens is 286 g/mol. The summed E-state index contributed by atoms with van der Waals surface area (Å²) in [6.07, 6.45) is 1.14. The molecule has 0 atom stereocenters. The second-order valence-corrected chi connectivity index (χ2v) is 4.23. The van der Waals surface area contributed by atoms with Crippen molar-refractivity contribution in [2.24, 2.45) is 0 Å². The Morgan fingerprint density at radius 2 is 2.19 bits per heavy atom. The van der Waals surface area contributed by atoms with Crippen molar-refractivity contribution in [3.05, 3.63) is 39.8 Å². The van der Waals surface area contributed by atoms with E-state index >= 15 is 0 Å². The van der Waals surface area contributed by atoms with Crippen LogP contribution in [0.2, 0.25) is 0 Å². The van der Waals surface area contributed by atoms with Gasteiger partial charge >= 0.3 is 5.69 Å². The molecule has 1 aromatic carbocycles. The second-order valence-electron chi connectivity index (χ2n) is 4.23. The number of aromatic nitrogens is 2. The van der Waals surface area contributed by atoms with Crippen LogP contribution in [0.4, 0.5) is 14.5 Å². The summed E-state index contributed by atoms with van der Waals surface area (Å²) in [7, 11) is 1.78. The summed E-state index contributed by atoms with van der Waals surface area (Å²) in [6, 6.07) is 1.55. The summed E-state index contributed by atoms with van der Waals surface area (Å²) in [5.41, 5.74) is -1.50. The van der Waals surface area contributed by atoms with Gasteiger partial charge in [0.15, 0.2) is 0 Å². The summed E-state index contributed by atoms with van der Waals surface area (Å²) in [5, 5.41) is 17.1. The van der Waals surface area contributed by atoms with Crippen LogP contribution >= 0.6 is 0 Å². The topological polar surface area (TPSA) is 94.1 Å². The van der Waals surface area contributed by atoms with Gasteiger partial charge in [-0.05, 0) is 26.1 Å². The zero-order chi connectivity index (χ0) is 15.4. The van der Waals surface area contributed by atoms with E-state index in [0.717, 1.165) is 18.7 Å². The number of nitro groups is 1. The highest BCUT2D eigenvalue weighted by Crippen LogP contribution is 2.29. The molecule has 1 aromatic heterocycles. The number of hydrogen-bond donors (Lipinski definition) is 1. The van der Waals surface area contributed by atoms with Gasteiger partial charge in [0.25, 0.3) is 0 Å². The first kappa shape index (κ1) is 15.0. The van der Waals surface area contributed by atoms with Crippen LogP contribution in [0.5, 0.6) is 0 Å². The van der Waals surface area contributed by atoms with Crippen molar-refractivity contribution in [2.45, 2.75) is 12.8 Å². The van der Waals surface area contributed by atoms with Crippen molar-refractivity contribution in [1.29, 1.82) is 0 Å².